The van der Waals surface area contributed by atoms with Crippen molar-refractivity contribution in [3.63, 3.8) is 0 Å². The van der Waals surface area contributed by atoms with E-state index in [-0.39, 0.29) is 5.82 Å². The lowest BCUT2D eigenvalue weighted by Gasteiger charge is -2.09. The minimum Gasteiger partial charge on any atom is -0.381 e. The van der Waals surface area contributed by atoms with Crippen molar-refractivity contribution in [2.75, 3.05) is 5.32 Å². The zero-order valence-corrected chi connectivity index (χ0v) is 13.4. The molecule has 106 valence electrons. The van der Waals surface area contributed by atoms with Gasteiger partial charge in [0.2, 0.25) is 0 Å². The summed E-state index contributed by atoms with van der Waals surface area (Å²) >= 11 is 5.04. The van der Waals surface area contributed by atoms with Crippen molar-refractivity contribution in [3.8, 4) is 10.6 Å². The van der Waals surface area contributed by atoms with Crippen LogP contribution in [0, 0.1) is 5.82 Å². The third kappa shape index (κ3) is 3.49. The molecule has 21 heavy (non-hydrogen) atoms. The molecule has 1 N–H and O–H groups in total. The van der Waals surface area contributed by atoms with Gasteiger partial charge in [0.25, 0.3) is 0 Å². The van der Waals surface area contributed by atoms with Crippen LogP contribution in [0.5, 0.6) is 0 Å². The molecule has 0 aliphatic rings. The van der Waals surface area contributed by atoms with Crippen LogP contribution in [0.2, 0.25) is 0 Å². The van der Waals surface area contributed by atoms with Gasteiger partial charge >= 0.3 is 0 Å². The van der Waals surface area contributed by atoms with E-state index in [1.54, 1.807) is 23.6 Å². The maximum absolute atomic E-state index is 13.3. The smallest absolute Gasteiger partial charge is 0.123 e. The molecule has 2 aromatic carbocycles. The third-order valence-corrected chi connectivity index (χ3v) is 4.63. The van der Waals surface area contributed by atoms with Gasteiger partial charge in [-0.05, 0) is 35.9 Å². The van der Waals surface area contributed by atoms with Crippen molar-refractivity contribution in [2.24, 2.45) is 0 Å². The third-order valence-electron chi connectivity index (χ3n) is 3.03. The lowest BCUT2D eigenvalue weighted by Crippen LogP contribution is -2.00. The molecule has 3 rings (SSSR count). The quantitative estimate of drug-likeness (QED) is 0.678. The molecule has 0 fully saturated rings. The molecular formula is C16H12BrFN2S. The van der Waals surface area contributed by atoms with Gasteiger partial charge in [-0.25, -0.2) is 9.37 Å². The molecular weight excluding hydrogens is 351 g/mol. The zero-order valence-electron chi connectivity index (χ0n) is 11.0. The predicted molar refractivity (Wildman–Crippen MR) is 89.0 cm³/mol. The van der Waals surface area contributed by atoms with E-state index in [1.807, 2.05) is 29.6 Å². The SMILES string of the molecule is Fc1ccc(Br)c(CNc2cccc(-c3nccs3)c2)c1. The highest BCUT2D eigenvalue weighted by Crippen LogP contribution is 2.25. The number of aromatic nitrogens is 1. The summed E-state index contributed by atoms with van der Waals surface area (Å²) in [5.74, 6) is -0.230. The summed E-state index contributed by atoms with van der Waals surface area (Å²) in [6.45, 7) is 0.555. The molecule has 0 bridgehead atoms. The zero-order chi connectivity index (χ0) is 14.7. The van der Waals surface area contributed by atoms with Gasteiger partial charge in [-0.1, -0.05) is 28.1 Å². The second-order valence-corrected chi connectivity index (χ2v) is 6.26. The van der Waals surface area contributed by atoms with Crippen LogP contribution in [0.15, 0.2) is 58.5 Å². The van der Waals surface area contributed by atoms with E-state index in [4.69, 9.17) is 0 Å². The lowest BCUT2D eigenvalue weighted by atomic mass is 10.2. The Bertz CT molecular complexity index is 744. The van der Waals surface area contributed by atoms with Crippen molar-refractivity contribution >= 4 is 33.0 Å². The highest BCUT2D eigenvalue weighted by Gasteiger charge is 2.04. The standard InChI is InChI=1S/C16H12BrFN2S/c17-15-5-4-13(18)8-12(15)10-20-14-3-1-2-11(9-14)16-19-6-7-21-16/h1-9,20H,10H2. The van der Waals surface area contributed by atoms with Gasteiger partial charge in [0.05, 0.1) is 0 Å². The fourth-order valence-corrected chi connectivity index (χ4v) is 3.03. The van der Waals surface area contributed by atoms with E-state index < -0.39 is 0 Å². The Hall–Kier alpha value is -1.72. The van der Waals surface area contributed by atoms with E-state index in [1.165, 1.54) is 12.1 Å². The minimum atomic E-state index is -0.230. The van der Waals surface area contributed by atoms with Crippen molar-refractivity contribution in [1.82, 2.24) is 4.98 Å². The molecule has 3 aromatic rings. The number of thiazole rings is 1. The first-order valence-corrected chi connectivity index (χ1v) is 8.07. The van der Waals surface area contributed by atoms with Crippen LogP contribution < -0.4 is 5.32 Å². The van der Waals surface area contributed by atoms with Crippen molar-refractivity contribution in [1.29, 1.82) is 0 Å². The Balaban J connectivity index is 1.76. The molecule has 1 aromatic heterocycles. The average molecular weight is 363 g/mol. The molecule has 5 heteroatoms. The average Bonchev–Trinajstić information content (AvgIpc) is 3.03. The Morgan fingerprint density at radius 2 is 2.10 bits per heavy atom. The predicted octanol–water partition coefficient (Wildman–Crippen LogP) is 5.32. The minimum absolute atomic E-state index is 0.230. The van der Waals surface area contributed by atoms with Gasteiger partial charge < -0.3 is 5.32 Å². The summed E-state index contributed by atoms with van der Waals surface area (Å²) in [4.78, 5) is 4.31. The first-order chi connectivity index (χ1) is 10.2. The summed E-state index contributed by atoms with van der Waals surface area (Å²) in [6.07, 6.45) is 1.80. The molecule has 0 amide bonds. The fraction of sp³-hybridized carbons (Fsp3) is 0.0625. The van der Waals surface area contributed by atoms with Gasteiger partial charge in [0, 0.05) is 33.8 Å². The second kappa shape index (κ2) is 6.37. The summed E-state index contributed by atoms with van der Waals surface area (Å²) in [5, 5.41) is 6.26. The van der Waals surface area contributed by atoms with Gasteiger partial charge in [-0.2, -0.15) is 0 Å². The molecule has 0 radical (unpaired) electrons. The van der Waals surface area contributed by atoms with E-state index in [0.29, 0.717) is 6.54 Å². The van der Waals surface area contributed by atoms with Gasteiger partial charge in [-0.15, -0.1) is 11.3 Å². The largest absolute Gasteiger partial charge is 0.381 e. The molecule has 0 saturated heterocycles. The lowest BCUT2D eigenvalue weighted by molar-refractivity contribution is 0.625. The van der Waals surface area contributed by atoms with E-state index in [0.717, 1.165) is 26.3 Å². The van der Waals surface area contributed by atoms with Crippen LogP contribution >= 0.6 is 27.3 Å². The molecule has 0 aliphatic carbocycles. The maximum Gasteiger partial charge on any atom is 0.123 e. The van der Waals surface area contributed by atoms with Crippen molar-refractivity contribution in [2.45, 2.75) is 6.54 Å². The van der Waals surface area contributed by atoms with Crippen LogP contribution in [-0.2, 0) is 6.54 Å². The van der Waals surface area contributed by atoms with Crippen LogP contribution in [-0.4, -0.2) is 4.98 Å². The van der Waals surface area contributed by atoms with Crippen LogP contribution in [0.1, 0.15) is 5.56 Å². The number of anilines is 1. The number of halogens is 2. The molecule has 2 nitrogen and oxygen atoms in total. The Morgan fingerprint density at radius 1 is 1.19 bits per heavy atom. The van der Waals surface area contributed by atoms with E-state index in [9.17, 15) is 4.39 Å². The maximum atomic E-state index is 13.3. The normalized spacial score (nSPS) is 10.6. The van der Waals surface area contributed by atoms with Gasteiger partial charge in [0.1, 0.15) is 10.8 Å². The highest BCUT2D eigenvalue weighted by molar-refractivity contribution is 9.10. The van der Waals surface area contributed by atoms with E-state index in [2.05, 4.69) is 26.2 Å². The fourth-order valence-electron chi connectivity index (χ4n) is 2.00. The molecule has 0 unspecified atom stereocenters. The first kappa shape index (κ1) is 14.2. The monoisotopic (exact) mass is 362 g/mol. The summed E-state index contributed by atoms with van der Waals surface area (Å²) in [7, 11) is 0. The molecule has 0 spiro atoms. The van der Waals surface area contributed by atoms with Gasteiger partial charge in [-0.3, -0.25) is 0 Å². The van der Waals surface area contributed by atoms with E-state index >= 15 is 0 Å². The van der Waals surface area contributed by atoms with Crippen LogP contribution in [0.3, 0.4) is 0 Å². The highest BCUT2D eigenvalue weighted by atomic mass is 79.9. The topological polar surface area (TPSA) is 24.9 Å². The number of benzene rings is 2. The van der Waals surface area contributed by atoms with Gasteiger partial charge in [0.15, 0.2) is 0 Å². The summed E-state index contributed by atoms with van der Waals surface area (Å²) in [6, 6.07) is 12.7. The van der Waals surface area contributed by atoms with Crippen LogP contribution in [0.4, 0.5) is 10.1 Å². The number of nitrogens with zero attached hydrogens (tertiary/aromatic N) is 1. The summed E-state index contributed by atoms with van der Waals surface area (Å²) < 4.78 is 14.2. The Morgan fingerprint density at radius 3 is 2.90 bits per heavy atom. The Kier molecular flexibility index (Phi) is 4.31. The number of nitrogens with one attached hydrogen (secondary N) is 1. The molecule has 1 heterocycles. The number of hydrogen-bond donors (Lipinski definition) is 1. The van der Waals surface area contributed by atoms with Crippen molar-refractivity contribution < 1.29 is 4.39 Å². The molecule has 0 atom stereocenters. The molecule has 0 saturated carbocycles. The first-order valence-electron chi connectivity index (χ1n) is 6.40. The Labute approximate surface area is 134 Å². The molecule has 0 aliphatic heterocycles. The second-order valence-electron chi connectivity index (χ2n) is 4.51. The van der Waals surface area contributed by atoms with Crippen molar-refractivity contribution in [3.05, 3.63) is 69.9 Å². The summed E-state index contributed by atoms with van der Waals surface area (Å²) in [5.41, 5.74) is 2.95. The number of rotatable bonds is 4. The van der Waals surface area contributed by atoms with Crippen LogP contribution in [0.25, 0.3) is 10.6 Å². The number of hydrogen-bond acceptors (Lipinski definition) is 3.